The van der Waals surface area contributed by atoms with Gasteiger partial charge in [-0.25, -0.2) is 4.79 Å². The molecule has 0 atom stereocenters. The van der Waals surface area contributed by atoms with Crippen LogP contribution in [0.4, 0.5) is 0 Å². The van der Waals surface area contributed by atoms with Gasteiger partial charge in [-0.1, -0.05) is 18.2 Å². The Labute approximate surface area is 103 Å². The lowest BCUT2D eigenvalue weighted by atomic mass is 10.1. The lowest BCUT2D eigenvalue weighted by Crippen LogP contribution is -1.91. The topological polar surface area (TPSA) is 63.3 Å². The predicted molar refractivity (Wildman–Crippen MR) is 66.4 cm³/mol. The Morgan fingerprint density at radius 2 is 2.06 bits per heavy atom. The van der Waals surface area contributed by atoms with E-state index < -0.39 is 5.97 Å². The summed E-state index contributed by atoms with van der Waals surface area (Å²) in [6.07, 6.45) is 3.47. The van der Waals surface area contributed by atoms with Crippen LogP contribution in [0.2, 0.25) is 0 Å². The summed E-state index contributed by atoms with van der Waals surface area (Å²) in [6, 6.07) is 10.7. The summed E-state index contributed by atoms with van der Waals surface area (Å²) in [6.45, 7) is 0. The summed E-state index contributed by atoms with van der Waals surface area (Å²) >= 11 is 0. The van der Waals surface area contributed by atoms with E-state index in [2.05, 4.69) is 4.98 Å². The Bertz CT molecular complexity index is 725. The largest absolute Gasteiger partial charge is 0.475 e. The molecule has 0 saturated carbocycles. The minimum atomic E-state index is -1.07. The Hall–Kier alpha value is -2.62. The number of carboxylic acids is 1. The number of furan rings is 1. The number of rotatable bonds is 2. The zero-order valence-electron chi connectivity index (χ0n) is 9.33. The van der Waals surface area contributed by atoms with Crippen molar-refractivity contribution in [3.63, 3.8) is 0 Å². The van der Waals surface area contributed by atoms with Gasteiger partial charge in [0, 0.05) is 23.3 Å². The van der Waals surface area contributed by atoms with E-state index >= 15 is 0 Å². The van der Waals surface area contributed by atoms with Crippen molar-refractivity contribution < 1.29 is 14.3 Å². The van der Waals surface area contributed by atoms with Crippen molar-refractivity contribution in [2.45, 2.75) is 0 Å². The molecule has 3 aromatic rings. The molecule has 4 heteroatoms. The zero-order valence-corrected chi connectivity index (χ0v) is 9.33. The second-order valence-corrected chi connectivity index (χ2v) is 3.87. The molecule has 2 aromatic heterocycles. The highest BCUT2D eigenvalue weighted by Crippen LogP contribution is 2.29. The van der Waals surface area contributed by atoms with E-state index in [9.17, 15) is 4.79 Å². The van der Waals surface area contributed by atoms with Crippen LogP contribution in [0.3, 0.4) is 0 Å². The monoisotopic (exact) mass is 239 g/mol. The minimum absolute atomic E-state index is 0.0592. The van der Waals surface area contributed by atoms with Gasteiger partial charge < -0.3 is 9.52 Å². The van der Waals surface area contributed by atoms with Crippen molar-refractivity contribution >= 4 is 16.7 Å². The Morgan fingerprint density at radius 3 is 2.83 bits per heavy atom. The minimum Gasteiger partial charge on any atom is -0.475 e. The molecule has 2 heterocycles. The fourth-order valence-electron chi connectivity index (χ4n) is 1.93. The molecule has 0 radical (unpaired) electrons. The van der Waals surface area contributed by atoms with Crippen LogP contribution in [0.25, 0.3) is 22.1 Å². The maximum Gasteiger partial charge on any atom is 0.371 e. The highest BCUT2D eigenvalue weighted by Gasteiger charge is 2.12. The third-order valence-corrected chi connectivity index (χ3v) is 2.76. The standard InChI is InChI=1S/C14H9NO3/c16-14(17)13-5-4-12(18-13)11-3-1-2-9-8-15-7-6-10(9)11/h1-8H,(H,16,17). The number of benzene rings is 1. The number of hydrogen-bond acceptors (Lipinski definition) is 3. The van der Waals surface area contributed by atoms with Crippen LogP contribution in [0, 0.1) is 0 Å². The number of aromatic nitrogens is 1. The van der Waals surface area contributed by atoms with Crippen LogP contribution in [-0.2, 0) is 0 Å². The van der Waals surface area contributed by atoms with Gasteiger partial charge in [0.25, 0.3) is 0 Å². The predicted octanol–water partition coefficient (Wildman–Crippen LogP) is 3.19. The third kappa shape index (κ3) is 1.64. The normalized spacial score (nSPS) is 10.7. The average molecular weight is 239 g/mol. The van der Waals surface area contributed by atoms with Gasteiger partial charge in [-0.3, -0.25) is 4.98 Å². The van der Waals surface area contributed by atoms with Gasteiger partial charge in [-0.05, 0) is 23.6 Å². The highest BCUT2D eigenvalue weighted by atomic mass is 16.4. The fourth-order valence-corrected chi connectivity index (χ4v) is 1.93. The number of fused-ring (bicyclic) bond motifs is 1. The quantitative estimate of drug-likeness (QED) is 0.745. The van der Waals surface area contributed by atoms with E-state index in [4.69, 9.17) is 9.52 Å². The molecule has 3 rings (SSSR count). The summed E-state index contributed by atoms with van der Waals surface area (Å²) < 4.78 is 5.32. The number of carboxylic acid groups (broad SMARTS) is 1. The third-order valence-electron chi connectivity index (χ3n) is 2.76. The molecule has 1 aromatic carbocycles. The first kappa shape index (κ1) is 10.5. The zero-order chi connectivity index (χ0) is 12.5. The van der Waals surface area contributed by atoms with Crippen LogP contribution in [0.5, 0.6) is 0 Å². The van der Waals surface area contributed by atoms with Gasteiger partial charge in [0.15, 0.2) is 0 Å². The molecule has 18 heavy (non-hydrogen) atoms. The molecule has 0 amide bonds. The molecule has 0 saturated heterocycles. The number of carbonyl (C=O) groups is 1. The lowest BCUT2D eigenvalue weighted by molar-refractivity contribution is 0.0663. The molecule has 88 valence electrons. The molecule has 0 unspecified atom stereocenters. The molecule has 0 aliphatic carbocycles. The maximum atomic E-state index is 10.8. The lowest BCUT2D eigenvalue weighted by Gasteiger charge is -2.02. The summed E-state index contributed by atoms with van der Waals surface area (Å²) in [7, 11) is 0. The molecule has 4 nitrogen and oxygen atoms in total. The van der Waals surface area contributed by atoms with E-state index in [1.807, 2.05) is 24.3 Å². The summed E-state index contributed by atoms with van der Waals surface area (Å²) in [5.41, 5.74) is 0.863. The highest BCUT2D eigenvalue weighted by molar-refractivity contribution is 5.95. The number of aromatic carboxylic acids is 1. The van der Waals surface area contributed by atoms with Crippen LogP contribution < -0.4 is 0 Å². The van der Waals surface area contributed by atoms with Gasteiger partial charge in [0.1, 0.15) is 5.76 Å². The fraction of sp³-hybridized carbons (Fsp3) is 0. The Morgan fingerprint density at radius 1 is 1.17 bits per heavy atom. The first-order valence-electron chi connectivity index (χ1n) is 5.42. The SMILES string of the molecule is O=C(O)c1ccc(-c2cccc3cnccc23)o1. The van der Waals surface area contributed by atoms with E-state index in [0.29, 0.717) is 5.76 Å². The van der Waals surface area contributed by atoms with E-state index in [1.54, 1.807) is 18.5 Å². The van der Waals surface area contributed by atoms with Crippen molar-refractivity contribution in [2.75, 3.05) is 0 Å². The Kier molecular flexibility index (Phi) is 2.34. The van der Waals surface area contributed by atoms with Gasteiger partial charge in [0.05, 0.1) is 0 Å². The Balaban J connectivity index is 2.21. The van der Waals surface area contributed by atoms with Crippen molar-refractivity contribution in [2.24, 2.45) is 0 Å². The molecule has 0 aliphatic heterocycles. The molecule has 0 fully saturated rings. The van der Waals surface area contributed by atoms with Crippen molar-refractivity contribution in [1.82, 2.24) is 4.98 Å². The summed E-state index contributed by atoms with van der Waals surface area (Å²) in [5.74, 6) is -0.580. The molecule has 1 N–H and O–H groups in total. The first-order chi connectivity index (χ1) is 8.75. The maximum absolute atomic E-state index is 10.8. The van der Waals surface area contributed by atoms with Crippen LogP contribution in [0.15, 0.2) is 53.2 Å². The first-order valence-corrected chi connectivity index (χ1v) is 5.42. The molecular formula is C14H9NO3. The van der Waals surface area contributed by atoms with Gasteiger partial charge in [-0.2, -0.15) is 0 Å². The molecule has 0 bridgehead atoms. The molecule has 0 spiro atoms. The van der Waals surface area contributed by atoms with Gasteiger partial charge >= 0.3 is 5.97 Å². The summed E-state index contributed by atoms with van der Waals surface area (Å²) in [5, 5.41) is 10.8. The second kappa shape index (κ2) is 4.00. The number of nitrogens with zero attached hydrogens (tertiary/aromatic N) is 1. The van der Waals surface area contributed by atoms with E-state index in [-0.39, 0.29) is 5.76 Å². The van der Waals surface area contributed by atoms with Crippen molar-refractivity contribution in [3.8, 4) is 11.3 Å². The molecule has 0 aliphatic rings. The van der Waals surface area contributed by atoms with Gasteiger partial charge in [-0.15, -0.1) is 0 Å². The second-order valence-electron chi connectivity index (χ2n) is 3.87. The number of pyridine rings is 1. The smallest absolute Gasteiger partial charge is 0.371 e. The van der Waals surface area contributed by atoms with Crippen LogP contribution in [0.1, 0.15) is 10.6 Å². The molecular weight excluding hydrogens is 230 g/mol. The summed E-state index contributed by atoms with van der Waals surface area (Å²) in [4.78, 5) is 14.9. The van der Waals surface area contributed by atoms with Crippen LogP contribution >= 0.6 is 0 Å². The van der Waals surface area contributed by atoms with Crippen LogP contribution in [-0.4, -0.2) is 16.1 Å². The van der Waals surface area contributed by atoms with Crippen molar-refractivity contribution in [3.05, 3.63) is 54.6 Å². The average Bonchev–Trinajstić information content (AvgIpc) is 2.87. The van der Waals surface area contributed by atoms with E-state index in [0.717, 1.165) is 16.3 Å². The number of hydrogen-bond donors (Lipinski definition) is 1. The van der Waals surface area contributed by atoms with Gasteiger partial charge in [0.2, 0.25) is 5.76 Å². The van der Waals surface area contributed by atoms with E-state index in [1.165, 1.54) is 6.07 Å². The van der Waals surface area contributed by atoms with Crippen molar-refractivity contribution in [1.29, 1.82) is 0 Å².